The van der Waals surface area contributed by atoms with Crippen LogP contribution in [0.15, 0.2) is 42.7 Å². The number of hydrogen-bond donors (Lipinski definition) is 0. The van der Waals surface area contributed by atoms with Gasteiger partial charge in [0.15, 0.2) is 5.82 Å². The molecule has 0 N–H and O–H groups in total. The van der Waals surface area contributed by atoms with Crippen LogP contribution in [0.3, 0.4) is 0 Å². The van der Waals surface area contributed by atoms with Crippen LogP contribution in [0, 0.1) is 11.3 Å². The van der Waals surface area contributed by atoms with Crippen molar-refractivity contribution in [1.82, 2.24) is 14.8 Å². The largest absolute Gasteiger partial charge is 0.490 e. The van der Waals surface area contributed by atoms with Crippen molar-refractivity contribution in [2.24, 2.45) is 0 Å². The van der Waals surface area contributed by atoms with E-state index in [1.165, 1.54) is 0 Å². The van der Waals surface area contributed by atoms with Gasteiger partial charge in [0, 0.05) is 51.2 Å². The second-order valence-electron chi connectivity index (χ2n) is 6.88. The van der Waals surface area contributed by atoms with E-state index in [1.54, 1.807) is 19.4 Å². The number of nitriles is 1. The molecule has 3 aromatic rings. The van der Waals surface area contributed by atoms with Crippen LogP contribution in [0.5, 0.6) is 5.75 Å². The number of fused-ring (bicyclic) bond motifs is 1. The fourth-order valence-electron chi connectivity index (χ4n) is 3.69. The Bertz CT molecular complexity index is 986. The first kappa shape index (κ1) is 18.3. The first-order chi connectivity index (χ1) is 13.8. The fourth-order valence-corrected chi connectivity index (χ4v) is 3.69. The molecule has 3 heterocycles. The predicted molar refractivity (Wildman–Crippen MR) is 106 cm³/mol. The molecule has 7 nitrogen and oxygen atoms in total. The van der Waals surface area contributed by atoms with Gasteiger partial charge in [-0.2, -0.15) is 10.4 Å². The van der Waals surface area contributed by atoms with E-state index in [9.17, 15) is 5.26 Å². The summed E-state index contributed by atoms with van der Waals surface area (Å²) < 4.78 is 13.7. The van der Waals surface area contributed by atoms with Crippen molar-refractivity contribution >= 4 is 16.7 Å². The zero-order valence-electron chi connectivity index (χ0n) is 15.9. The van der Waals surface area contributed by atoms with E-state index in [-0.39, 0.29) is 6.10 Å². The zero-order chi connectivity index (χ0) is 19.3. The van der Waals surface area contributed by atoms with Crippen molar-refractivity contribution < 1.29 is 9.47 Å². The van der Waals surface area contributed by atoms with Gasteiger partial charge in [0.25, 0.3) is 0 Å². The second-order valence-corrected chi connectivity index (χ2v) is 6.88. The van der Waals surface area contributed by atoms with Crippen molar-refractivity contribution in [3.05, 3.63) is 48.3 Å². The maximum absolute atomic E-state index is 9.27. The molecular formula is C21H23N5O2. The molecule has 0 aliphatic carbocycles. The van der Waals surface area contributed by atoms with Crippen molar-refractivity contribution in [2.45, 2.75) is 25.5 Å². The third kappa shape index (κ3) is 3.64. The summed E-state index contributed by atoms with van der Waals surface area (Å²) >= 11 is 0. The summed E-state index contributed by atoms with van der Waals surface area (Å²) in [6.45, 7) is 3.09. The third-order valence-electron chi connectivity index (χ3n) is 5.17. The molecule has 1 aliphatic rings. The van der Waals surface area contributed by atoms with Crippen LogP contribution in [0.4, 0.5) is 5.82 Å². The molecule has 0 bridgehead atoms. The lowest BCUT2D eigenvalue weighted by molar-refractivity contribution is 0.173. The molecule has 0 unspecified atom stereocenters. The Labute approximate surface area is 164 Å². The minimum atomic E-state index is 0.145. The Kier molecular flexibility index (Phi) is 5.40. The number of benzene rings is 1. The molecule has 1 aliphatic heterocycles. The average molecular weight is 377 g/mol. The van der Waals surface area contributed by atoms with Crippen molar-refractivity contribution in [3.8, 4) is 11.8 Å². The van der Waals surface area contributed by atoms with Gasteiger partial charge in [-0.05, 0) is 24.3 Å². The zero-order valence-corrected chi connectivity index (χ0v) is 15.9. The van der Waals surface area contributed by atoms with Gasteiger partial charge < -0.3 is 18.9 Å². The van der Waals surface area contributed by atoms with E-state index in [2.05, 4.69) is 44.1 Å². The molecule has 28 heavy (non-hydrogen) atoms. The quantitative estimate of drug-likeness (QED) is 0.657. The van der Waals surface area contributed by atoms with Crippen molar-refractivity contribution in [1.29, 1.82) is 5.26 Å². The molecule has 1 saturated heterocycles. The smallest absolute Gasteiger partial charge is 0.169 e. The molecule has 1 fully saturated rings. The van der Waals surface area contributed by atoms with E-state index in [4.69, 9.17) is 9.47 Å². The highest BCUT2D eigenvalue weighted by atomic mass is 16.5. The number of piperidine rings is 1. The fraction of sp³-hybridized carbons (Fsp3) is 0.381. The molecule has 2 aromatic heterocycles. The number of hydrogen-bond acceptors (Lipinski definition) is 6. The van der Waals surface area contributed by atoms with Gasteiger partial charge in [0.2, 0.25) is 0 Å². The topological polar surface area (TPSA) is 76.2 Å². The van der Waals surface area contributed by atoms with Crippen molar-refractivity contribution in [2.75, 3.05) is 31.7 Å². The lowest BCUT2D eigenvalue weighted by Crippen LogP contribution is -2.39. The summed E-state index contributed by atoms with van der Waals surface area (Å²) in [5, 5.41) is 18.5. The Balaban J connectivity index is 1.44. The molecule has 0 amide bonds. The second kappa shape index (κ2) is 8.28. The van der Waals surface area contributed by atoms with Gasteiger partial charge in [-0.3, -0.25) is 0 Å². The minimum absolute atomic E-state index is 0.145. The first-order valence-corrected chi connectivity index (χ1v) is 9.50. The lowest BCUT2D eigenvalue weighted by Gasteiger charge is -2.33. The summed E-state index contributed by atoms with van der Waals surface area (Å²) in [6.07, 6.45) is 5.53. The van der Waals surface area contributed by atoms with Gasteiger partial charge in [0.05, 0.1) is 23.9 Å². The van der Waals surface area contributed by atoms with Crippen LogP contribution in [-0.2, 0) is 11.3 Å². The first-order valence-electron chi connectivity index (χ1n) is 9.50. The Hall–Kier alpha value is -3.11. The molecule has 1 aromatic carbocycles. The number of aromatic nitrogens is 3. The SMILES string of the molecule is COCCn1ccc2c(OC3CCN(c4nnccc4C#N)CC3)cccc21. The normalized spacial score (nSPS) is 14.9. The Morgan fingerprint density at radius 2 is 2.07 bits per heavy atom. The Morgan fingerprint density at radius 3 is 2.86 bits per heavy atom. The highest BCUT2D eigenvalue weighted by Crippen LogP contribution is 2.30. The van der Waals surface area contributed by atoms with Crippen LogP contribution < -0.4 is 9.64 Å². The van der Waals surface area contributed by atoms with E-state index in [1.807, 2.05) is 12.1 Å². The number of ether oxygens (including phenoxy) is 2. The average Bonchev–Trinajstić information content (AvgIpc) is 3.17. The van der Waals surface area contributed by atoms with Crippen molar-refractivity contribution in [3.63, 3.8) is 0 Å². The maximum Gasteiger partial charge on any atom is 0.169 e. The Morgan fingerprint density at radius 1 is 1.21 bits per heavy atom. The molecule has 0 atom stereocenters. The summed E-state index contributed by atoms with van der Waals surface area (Å²) in [5.41, 5.74) is 1.72. The van der Waals surface area contributed by atoms with E-state index in [0.29, 0.717) is 18.0 Å². The van der Waals surface area contributed by atoms with Crippen LogP contribution in [-0.4, -0.2) is 47.7 Å². The standard InChI is InChI=1S/C21H23N5O2/c1-27-14-13-25-12-8-18-19(25)3-2-4-20(18)28-17-6-10-26(11-7-17)21-16(15-22)5-9-23-24-21/h2-5,8-9,12,17H,6-7,10-11,13-14H2,1H3. The van der Waals surface area contributed by atoms with Crippen LogP contribution in [0.25, 0.3) is 10.9 Å². The maximum atomic E-state index is 9.27. The van der Waals surface area contributed by atoms with Gasteiger partial charge >= 0.3 is 0 Å². The van der Waals surface area contributed by atoms with Crippen LogP contribution in [0.2, 0.25) is 0 Å². The van der Waals surface area contributed by atoms with Gasteiger partial charge in [-0.1, -0.05) is 6.07 Å². The highest BCUT2D eigenvalue weighted by molar-refractivity contribution is 5.86. The molecule has 0 saturated carbocycles. The monoisotopic (exact) mass is 377 g/mol. The highest BCUT2D eigenvalue weighted by Gasteiger charge is 2.24. The predicted octanol–water partition coefficient (Wildman–Crippen LogP) is 3.00. The minimum Gasteiger partial charge on any atom is -0.490 e. The van der Waals surface area contributed by atoms with Gasteiger partial charge in [-0.25, -0.2) is 0 Å². The summed E-state index contributed by atoms with van der Waals surface area (Å²) in [5.74, 6) is 1.59. The van der Waals surface area contributed by atoms with Crippen LogP contribution >= 0.6 is 0 Å². The molecule has 7 heteroatoms. The molecule has 144 valence electrons. The van der Waals surface area contributed by atoms with E-state index >= 15 is 0 Å². The summed E-state index contributed by atoms with van der Waals surface area (Å²) in [6, 6.07) is 12.2. The molecule has 0 radical (unpaired) electrons. The summed E-state index contributed by atoms with van der Waals surface area (Å²) in [4.78, 5) is 2.12. The molecule has 4 rings (SSSR count). The lowest BCUT2D eigenvalue weighted by atomic mass is 10.1. The number of rotatable bonds is 6. The summed E-state index contributed by atoms with van der Waals surface area (Å²) in [7, 11) is 1.72. The van der Waals surface area contributed by atoms with E-state index < -0.39 is 0 Å². The van der Waals surface area contributed by atoms with Crippen LogP contribution in [0.1, 0.15) is 18.4 Å². The number of nitrogens with zero attached hydrogens (tertiary/aromatic N) is 5. The molecular weight excluding hydrogens is 354 g/mol. The van der Waals surface area contributed by atoms with Gasteiger partial charge in [0.1, 0.15) is 17.9 Å². The van der Waals surface area contributed by atoms with Gasteiger partial charge in [-0.15, -0.1) is 5.10 Å². The van der Waals surface area contributed by atoms with E-state index in [0.717, 1.165) is 49.1 Å². The third-order valence-corrected chi connectivity index (χ3v) is 5.17. The number of anilines is 1. The molecule has 0 spiro atoms. The number of methoxy groups -OCH3 is 1.